The Morgan fingerprint density at radius 1 is 1.00 bits per heavy atom. The number of anilines is 2. The standard InChI is InChI=1S/C22H28N4O3S/c27-22(25-21-10-8-19(16-23-21)26-13-3-4-14-26)11-12-24-30(28,29)20-9-7-17-5-1-2-6-18(17)15-20/h7-10,15-16,24H,1-6,11-14H2,(H,23,25,27). The van der Waals surface area contributed by atoms with E-state index in [2.05, 4.69) is 19.9 Å². The number of hydrogen-bond donors (Lipinski definition) is 2. The summed E-state index contributed by atoms with van der Waals surface area (Å²) in [5.74, 6) is 0.199. The molecule has 2 aliphatic rings. The van der Waals surface area contributed by atoms with E-state index in [1.807, 2.05) is 12.1 Å². The van der Waals surface area contributed by atoms with Gasteiger partial charge in [-0.15, -0.1) is 0 Å². The fraction of sp³-hybridized carbons (Fsp3) is 0.455. The highest BCUT2D eigenvalue weighted by Crippen LogP contribution is 2.24. The average molecular weight is 429 g/mol. The molecule has 8 heteroatoms. The number of sulfonamides is 1. The molecule has 1 aromatic heterocycles. The topological polar surface area (TPSA) is 91.4 Å². The zero-order valence-corrected chi connectivity index (χ0v) is 17.9. The van der Waals surface area contributed by atoms with Crippen molar-refractivity contribution in [3.63, 3.8) is 0 Å². The van der Waals surface area contributed by atoms with E-state index < -0.39 is 10.0 Å². The predicted octanol–water partition coefficient (Wildman–Crippen LogP) is 2.87. The van der Waals surface area contributed by atoms with Gasteiger partial charge >= 0.3 is 0 Å². The maximum atomic E-state index is 12.6. The number of hydrogen-bond acceptors (Lipinski definition) is 5. The molecular weight excluding hydrogens is 400 g/mol. The molecule has 2 N–H and O–H groups in total. The van der Waals surface area contributed by atoms with Gasteiger partial charge in [0.15, 0.2) is 0 Å². The number of aryl methyl sites for hydroxylation is 2. The van der Waals surface area contributed by atoms with Crippen molar-refractivity contribution >= 4 is 27.4 Å². The van der Waals surface area contributed by atoms with Crippen LogP contribution in [0, 0.1) is 0 Å². The minimum Gasteiger partial charge on any atom is -0.370 e. The molecule has 0 bridgehead atoms. The van der Waals surface area contributed by atoms with Gasteiger partial charge in [0.05, 0.1) is 16.8 Å². The summed E-state index contributed by atoms with van der Waals surface area (Å²) in [5, 5.41) is 2.72. The van der Waals surface area contributed by atoms with E-state index in [1.54, 1.807) is 24.4 Å². The highest BCUT2D eigenvalue weighted by molar-refractivity contribution is 7.89. The van der Waals surface area contributed by atoms with E-state index >= 15 is 0 Å². The van der Waals surface area contributed by atoms with Crippen molar-refractivity contribution in [2.75, 3.05) is 29.9 Å². The molecule has 0 unspecified atom stereocenters. The summed E-state index contributed by atoms with van der Waals surface area (Å²) in [6, 6.07) is 9.06. The minimum absolute atomic E-state index is 0.0388. The van der Waals surface area contributed by atoms with E-state index in [9.17, 15) is 13.2 Å². The van der Waals surface area contributed by atoms with Crippen molar-refractivity contribution in [1.29, 1.82) is 0 Å². The quantitative estimate of drug-likeness (QED) is 0.708. The van der Waals surface area contributed by atoms with E-state index in [1.165, 1.54) is 18.4 Å². The summed E-state index contributed by atoms with van der Waals surface area (Å²) < 4.78 is 27.7. The largest absolute Gasteiger partial charge is 0.370 e. The van der Waals surface area contributed by atoms with Crippen molar-refractivity contribution in [2.24, 2.45) is 0 Å². The maximum absolute atomic E-state index is 12.6. The third-order valence-corrected chi connectivity index (χ3v) is 7.22. The molecule has 0 saturated carbocycles. The van der Waals surface area contributed by atoms with Crippen LogP contribution in [0.25, 0.3) is 0 Å². The van der Waals surface area contributed by atoms with Gasteiger partial charge < -0.3 is 10.2 Å². The fourth-order valence-corrected chi connectivity index (χ4v) is 5.17. The monoisotopic (exact) mass is 428 g/mol. The normalized spacial score (nSPS) is 16.3. The Bertz CT molecular complexity index is 1000. The summed E-state index contributed by atoms with van der Waals surface area (Å²) in [5.41, 5.74) is 3.41. The molecular formula is C22H28N4O3S. The summed E-state index contributed by atoms with van der Waals surface area (Å²) >= 11 is 0. The Balaban J connectivity index is 1.27. The van der Waals surface area contributed by atoms with Crippen LogP contribution in [0.4, 0.5) is 11.5 Å². The molecule has 7 nitrogen and oxygen atoms in total. The van der Waals surface area contributed by atoms with Crippen LogP contribution in [0.3, 0.4) is 0 Å². The third-order valence-electron chi connectivity index (χ3n) is 5.76. The predicted molar refractivity (Wildman–Crippen MR) is 117 cm³/mol. The Morgan fingerprint density at radius 3 is 2.50 bits per heavy atom. The van der Waals surface area contributed by atoms with Gasteiger partial charge in [-0.3, -0.25) is 4.79 Å². The molecule has 0 radical (unpaired) electrons. The van der Waals surface area contributed by atoms with Crippen LogP contribution in [0.15, 0.2) is 41.4 Å². The van der Waals surface area contributed by atoms with Crippen molar-refractivity contribution < 1.29 is 13.2 Å². The Labute approximate surface area is 177 Å². The highest BCUT2D eigenvalue weighted by atomic mass is 32.2. The molecule has 4 rings (SSSR count). The van der Waals surface area contributed by atoms with Crippen molar-refractivity contribution in [2.45, 2.75) is 49.8 Å². The zero-order valence-electron chi connectivity index (χ0n) is 17.1. The van der Waals surface area contributed by atoms with Crippen molar-refractivity contribution in [3.8, 4) is 0 Å². The van der Waals surface area contributed by atoms with Gasteiger partial charge in [-0.25, -0.2) is 18.1 Å². The van der Waals surface area contributed by atoms with Gasteiger partial charge in [0.25, 0.3) is 0 Å². The zero-order chi connectivity index (χ0) is 21.0. The lowest BCUT2D eigenvalue weighted by Gasteiger charge is -2.17. The number of pyridine rings is 1. The van der Waals surface area contributed by atoms with Crippen molar-refractivity contribution in [1.82, 2.24) is 9.71 Å². The van der Waals surface area contributed by atoms with Crippen LogP contribution in [-0.4, -0.2) is 38.9 Å². The van der Waals surface area contributed by atoms with Gasteiger partial charge in [0.2, 0.25) is 15.9 Å². The van der Waals surface area contributed by atoms with Crippen LogP contribution in [0.5, 0.6) is 0 Å². The van der Waals surface area contributed by atoms with Crippen LogP contribution in [0.2, 0.25) is 0 Å². The van der Waals surface area contributed by atoms with E-state index in [0.717, 1.165) is 50.0 Å². The van der Waals surface area contributed by atoms with Gasteiger partial charge in [0, 0.05) is 26.1 Å². The number of nitrogens with zero attached hydrogens (tertiary/aromatic N) is 2. The molecule has 0 atom stereocenters. The number of aromatic nitrogens is 1. The average Bonchev–Trinajstić information content (AvgIpc) is 3.29. The lowest BCUT2D eigenvalue weighted by atomic mass is 9.92. The Morgan fingerprint density at radius 2 is 1.77 bits per heavy atom. The first-order chi connectivity index (χ1) is 14.5. The van der Waals surface area contributed by atoms with Gasteiger partial charge in [-0.1, -0.05) is 6.07 Å². The van der Waals surface area contributed by atoms with Crippen molar-refractivity contribution in [3.05, 3.63) is 47.7 Å². The summed E-state index contributed by atoms with van der Waals surface area (Å²) in [4.78, 5) is 19.0. The highest BCUT2D eigenvalue weighted by Gasteiger charge is 2.18. The number of benzene rings is 1. The number of nitrogens with one attached hydrogen (secondary N) is 2. The lowest BCUT2D eigenvalue weighted by molar-refractivity contribution is -0.116. The second kappa shape index (κ2) is 9.14. The van der Waals surface area contributed by atoms with Gasteiger partial charge in [-0.2, -0.15) is 0 Å². The third kappa shape index (κ3) is 4.99. The molecule has 1 fully saturated rings. The first-order valence-corrected chi connectivity index (χ1v) is 12.1. The minimum atomic E-state index is -3.63. The number of carbonyl (C=O) groups excluding carboxylic acids is 1. The molecule has 1 aromatic carbocycles. The van der Waals surface area contributed by atoms with Crippen LogP contribution >= 0.6 is 0 Å². The van der Waals surface area contributed by atoms with Crippen LogP contribution in [0.1, 0.15) is 43.2 Å². The lowest BCUT2D eigenvalue weighted by Crippen LogP contribution is -2.28. The molecule has 1 aliphatic heterocycles. The molecule has 1 amide bonds. The van der Waals surface area contributed by atoms with Crippen LogP contribution in [-0.2, 0) is 27.7 Å². The molecule has 2 aromatic rings. The Kier molecular flexibility index (Phi) is 6.34. The summed E-state index contributed by atoms with van der Waals surface area (Å²) in [6.45, 7) is 2.12. The Hall–Kier alpha value is -2.45. The van der Waals surface area contributed by atoms with E-state index in [0.29, 0.717) is 5.82 Å². The molecule has 160 valence electrons. The SMILES string of the molecule is O=C(CCNS(=O)(=O)c1ccc2c(c1)CCCC2)Nc1ccc(N2CCCC2)cn1. The molecule has 30 heavy (non-hydrogen) atoms. The number of rotatable bonds is 7. The second-order valence-electron chi connectivity index (χ2n) is 7.93. The van der Waals surface area contributed by atoms with Gasteiger partial charge in [-0.05, 0) is 73.9 Å². The summed E-state index contributed by atoms with van der Waals surface area (Å²) in [6.07, 6.45) is 8.37. The molecule has 2 heterocycles. The molecule has 1 saturated heterocycles. The second-order valence-corrected chi connectivity index (χ2v) is 9.70. The first-order valence-electron chi connectivity index (χ1n) is 10.6. The van der Waals surface area contributed by atoms with Gasteiger partial charge in [0.1, 0.15) is 5.82 Å². The van der Waals surface area contributed by atoms with E-state index in [4.69, 9.17) is 0 Å². The number of fused-ring (bicyclic) bond motifs is 1. The first kappa shape index (κ1) is 20.8. The molecule has 1 aliphatic carbocycles. The molecule has 0 spiro atoms. The number of carbonyl (C=O) groups is 1. The fourth-order valence-electron chi connectivity index (χ4n) is 4.09. The summed E-state index contributed by atoms with van der Waals surface area (Å²) in [7, 11) is -3.63. The maximum Gasteiger partial charge on any atom is 0.240 e. The smallest absolute Gasteiger partial charge is 0.240 e. The number of amides is 1. The van der Waals surface area contributed by atoms with E-state index in [-0.39, 0.29) is 23.8 Å². The van der Waals surface area contributed by atoms with Crippen LogP contribution < -0.4 is 14.9 Å².